The predicted molar refractivity (Wildman–Crippen MR) is 65.5 cm³/mol. The summed E-state index contributed by atoms with van der Waals surface area (Å²) in [7, 11) is 0. The van der Waals surface area contributed by atoms with Crippen LogP contribution in [0.1, 0.15) is 11.1 Å². The van der Waals surface area contributed by atoms with Gasteiger partial charge in [-0.15, -0.1) is 0 Å². The first-order valence-electron chi connectivity index (χ1n) is 5.53. The van der Waals surface area contributed by atoms with Crippen molar-refractivity contribution in [2.45, 2.75) is 13.5 Å². The van der Waals surface area contributed by atoms with Gasteiger partial charge in [0.05, 0.1) is 0 Å². The average Bonchev–Trinajstić information content (AvgIpc) is 2.34. The zero-order valence-corrected chi connectivity index (χ0v) is 9.91. The van der Waals surface area contributed by atoms with Crippen molar-refractivity contribution in [3.63, 3.8) is 0 Å². The first-order valence-corrected chi connectivity index (χ1v) is 5.53. The molecular formula is C14H13F2NO. The molecule has 0 atom stereocenters. The largest absolute Gasteiger partial charge is 0.454 e. The van der Waals surface area contributed by atoms with Gasteiger partial charge < -0.3 is 10.5 Å². The third kappa shape index (κ3) is 2.49. The van der Waals surface area contributed by atoms with E-state index in [4.69, 9.17) is 10.5 Å². The molecule has 2 nitrogen and oxygen atoms in total. The van der Waals surface area contributed by atoms with Crippen LogP contribution < -0.4 is 10.5 Å². The fourth-order valence-electron chi connectivity index (χ4n) is 1.69. The summed E-state index contributed by atoms with van der Waals surface area (Å²) in [5.74, 6) is -0.865. The van der Waals surface area contributed by atoms with E-state index >= 15 is 0 Å². The molecule has 0 aliphatic carbocycles. The maximum atomic E-state index is 13.5. The number of hydrogen-bond donors (Lipinski definition) is 1. The van der Waals surface area contributed by atoms with Gasteiger partial charge in [-0.2, -0.15) is 0 Å². The smallest absolute Gasteiger partial charge is 0.168 e. The standard InChI is InChI=1S/C14H13F2NO/c1-9-3-2-4-10(8-17)14(9)18-13-6-5-11(15)7-12(13)16/h2-7H,8,17H2,1H3. The summed E-state index contributed by atoms with van der Waals surface area (Å²) in [6.45, 7) is 2.13. The van der Waals surface area contributed by atoms with E-state index in [9.17, 15) is 8.78 Å². The van der Waals surface area contributed by atoms with Gasteiger partial charge in [-0.3, -0.25) is 0 Å². The molecule has 0 fully saturated rings. The number of benzene rings is 2. The van der Waals surface area contributed by atoms with Gasteiger partial charge >= 0.3 is 0 Å². The van der Waals surface area contributed by atoms with Crippen LogP contribution in [-0.4, -0.2) is 0 Å². The fraction of sp³-hybridized carbons (Fsp3) is 0.143. The van der Waals surface area contributed by atoms with Crippen molar-refractivity contribution in [2.75, 3.05) is 0 Å². The Morgan fingerprint density at radius 3 is 2.61 bits per heavy atom. The molecule has 0 amide bonds. The summed E-state index contributed by atoms with van der Waals surface area (Å²) in [6, 6.07) is 8.71. The second kappa shape index (κ2) is 5.14. The van der Waals surface area contributed by atoms with Gasteiger partial charge in [0.2, 0.25) is 0 Å². The minimum atomic E-state index is -0.735. The molecular weight excluding hydrogens is 236 g/mol. The average molecular weight is 249 g/mol. The normalized spacial score (nSPS) is 10.4. The molecule has 0 unspecified atom stereocenters. The monoisotopic (exact) mass is 249 g/mol. The number of nitrogens with two attached hydrogens (primary N) is 1. The zero-order chi connectivity index (χ0) is 13.1. The van der Waals surface area contributed by atoms with E-state index < -0.39 is 11.6 Å². The van der Waals surface area contributed by atoms with Crippen molar-refractivity contribution in [2.24, 2.45) is 5.73 Å². The molecule has 2 N–H and O–H groups in total. The van der Waals surface area contributed by atoms with Crippen molar-refractivity contribution in [1.29, 1.82) is 0 Å². The van der Waals surface area contributed by atoms with Gasteiger partial charge in [-0.25, -0.2) is 8.78 Å². The number of ether oxygens (including phenoxy) is 1. The molecule has 18 heavy (non-hydrogen) atoms. The molecule has 0 saturated carbocycles. The lowest BCUT2D eigenvalue weighted by Gasteiger charge is -2.13. The van der Waals surface area contributed by atoms with Gasteiger partial charge in [-0.05, 0) is 24.6 Å². The molecule has 2 rings (SSSR count). The molecule has 0 aliphatic heterocycles. The van der Waals surface area contributed by atoms with E-state index in [0.717, 1.165) is 23.3 Å². The highest BCUT2D eigenvalue weighted by Gasteiger charge is 2.10. The molecule has 2 aromatic rings. The summed E-state index contributed by atoms with van der Waals surface area (Å²) in [6.07, 6.45) is 0. The highest BCUT2D eigenvalue weighted by Crippen LogP contribution is 2.30. The van der Waals surface area contributed by atoms with Crippen LogP contribution in [-0.2, 0) is 6.54 Å². The summed E-state index contributed by atoms with van der Waals surface area (Å²) in [5, 5.41) is 0. The Bertz CT molecular complexity index is 570. The molecule has 4 heteroatoms. The van der Waals surface area contributed by atoms with E-state index in [1.165, 1.54) is 6.07 Å². The van der Waals surface area contributed by atoms with Gasteiger partial charge in [0.25, 0.3) is 0 Å². The van der Waals surface area contributed by atoms with Crippen molar-refractivity contribution < 1.29 is 13.5 Å². The van der Waals surface area contributed by atoms with Gasteiger partial charge in [0.1, 0.15) is 11.6 Å². The third-order valence-electron chi connectivity index (χ3n) is 2.62. The molecule has 2 aromatic carbocycles. The van der Waals surface area contributed by atoms with E-state index in [1.807, 2.05) is 25.1 Å². The van der Waals surface area contributed by atoms with Crippen LogP contribution in [0.25, 0.3) is 0 Å². The van der Waals surface area contributed by atoms with Crippen LogP contribution in [0.15, 0.2) is 36.4 Å². The minimum Gasteiger partial charge on any atom is -0.454 e. The van der Waals surface area contributed by atoms with Crippen LogP contribution >= 0.6 is 0 Å². The lowest BCUT2D eigenvalue weighted by molar-refractivity contribution is 0.431. The molecule has 0 radical (unpaired) electrons. The van der Waals surface area contributed by atoms with Crippen molar-refractivity contribution in [1.82, 2.24) is 0 Å². The molecule has 0 aliphatic rings. The predicted octanol–water partition coefficient (Wildman–Crippen LogP) is 3.52. The summed E-state index contributed by atoms with van der Waals surface area (Å²) in [4.78, 5) is 0. The Morgan fingerprint density at radius 1 is 1.17 bits per heavy atom. The van der Waals surface area contributed by atoms with E-state index in [1.54, 1.807) is 0 Å². The first kappa shape index (κ1) is 12.5. The van der Waals surface area contributed by atoms with Gasteiger partial charge in [-0.1, -0.05) is 18.2 Å². The number of halogens is 2. The highest BCUT2D eigenvalue weighted by molar-refractivity contribution is 5.44. The van der Waals surface area contributed by atoms with Gasteiger partial charge in [0, 0.05) is 18.2 Å². The maximum absolute atomic E-state index is 13.5. The van der Waals surface area contributed by atoms with Crippen LogP contribution in [0.2, 0.25) is 0 Å². The van der Waals surface area contributed by atoms with Crippen molar-refractivity contribution >= 4 is 0 Å². The number of rotatable bonds is 3. The van der Waals surface area contributed by atoms with Crippen LogP contribution in [0.5, 0.6) is 11.5 Å². The second-order valence-corrected chi connectivity index (χ2v) is 3.94. The highest BCUT2D eigenvalue weighted by atomic mass is 19.1. The molecule has 0 bridgehead atoms. The fourth-order valence-corrected chi connectivity index (χ4v) is 1.69. The molecule has 0 saturated heterocycles. The van der Waals surface area contributed by atoms with Crippen LogP contribution in [0.4, 0.5) is 8.78 Å². The van der Waals surface area contributed by atoms with E-state index in [2.05, 4.69) is 0 Å². The van der Waals surface area contributed by atoms with E-state index in [0.29, 0.717) is 12.3 Å². The Labute approximate surface area is 104 Å². The topological polar surface area (TPSA) is 35.2 Å². The Hall–Kier alpha value is -1.94. The minimum absolute atomic E-state index is 0.0135. The third-order valence-corrected chi connectivity index (χ3v) is 2.62. The maximum Gasteiger partial charge on any atom is 0.168 e. The molecule has 0 spiro atoms. The first-order chi connectivity index (χ1) is 8.61. The number of para-hydroxylation sites is 1. The van der Waals surface area contributed by atoms with Crippen molar-refractivity contribution in [3.8, 4) is 11.5 Å². The molecule has 0 aromatic heterocycles. The van der Waals surface area contributed by atoms with Gasteiger partial charge in [0.15, 0.2) is 11.6 Å². The van der Waals surface area contributed by atoms with E-state index in [-0.39, 0.29) is 5.75 Å². The zero-order valence-electron chi connectivity index (χ0n) is 9.91. The summed E-state index contributed by atoms with van der Waals surface area (Å²) < 4.78 is 31.8. The number of aryl methyl sites for hydroxylation is 1. The Balaban J connectivity index is 2.39. The lowest BCUT2D eigenvalue weighted by Crippen LogP contribution is -2.01. The second-order valence-electron chi connectivity index (χ2n) is 3.94. The van der Waals surface area contributed by atoms with Crippen molar-refractivity contribution in [3.05, 3.63) is 59.2 Å². The summed E-state index contributed by atoms with van der Waals surface area (Å²) in [5.41, 5.74) is 7.23. The quantitative estimate of drug-likeness (QED) is 0.903. The Morgan fingerprint density at radius 2 is 1.94 bits per heavy atom. The van der Waals surface area contributed by atoms with Crippen LogP contribution in [0, 0.1) is 18.6 Å². The lowest BCUT2D eigenvalue weighted by atomic mass is 10.1. The number of hydrogen-bond acceptors (Lipinski definition) is 2. The Kier molecular flexibility index (Phi) is 3.58. The summed E-state index contributed by atoms with van der Waals surface area (Å²) >= 11 is 0. The SMILES string of the molecule is Cc1cccc(CN)c1Oc1ccc(F)cc1F. The molecule has 94 valence electrons. The molecule has 0 heterocycles. The van der Waals surface area contributed by atoms with Crippen LogP contribution in [0.3, 0.4) is 0 Å².